The quantitative estimate of drug-likeness (QED) is 0.637. The highest BCUT2D eigenvalue weighted by molar-refractivity contribution is 7.90. The number of hydrogen-bond acceptors (Lipinski definition) is 1. The van der Waals surface area contributed by atoms with Gasteiger partial charge in [-0.1, -0.05) is 12.2 Å². The maximum Gasteiger partial charge on any atom is 0.0695 e. The SMILES string of the molecule is O=S(C=CCCCl)C=CCCCl. The van der Waals surface area contributed by atoms with E-state index in [0.717, 1.165) is 12.8 Å². The van der Waals surface area contributed by atoms with Crippen molar-refractivity contribution in [1.29, 1.82) is 0 Å². The highest BCUT2D eigenvalue weighted by atomic mass is 35.5. The van der Waals surface area contributed by atoms with Crippen LogP contribution in [0.25, 0.3) is 0 Å². The fourth-order valence-electron chi connectivity index (χ4n) is 0.497. The molecule has 0 N–H and O–H groups in total. The first-order valence-corrected chi connectivity index (χ1v) is 6.00. The molecule has 0 atom stereocenters. The van der Waals surface area contributed by atoms with Crippen LogP contribution in [0.5, 0.6) is 0 Å². The van der Waals surface area contributed by atoms with Crippen LogP contribution in [-0.4, -0.2) is 16.0 Å². The molecular formula is C8H12Cl2OS. The first kappa shape index (κ1) is 12.2. The van der Waals surface area contributed by atoms with Gasteiger partial charge in [0, 0.05) is 22.6 Å². The molecule has 4 heteroatoms. The predicted molar refractivity (Wildman–Crippen MR) is 57.1 cm³/mol. The predicted octanol–water partition coefficient (Wildman–Crippen LogP) is 3.02. The molecule has 0 unspecified atom stereocenters. The van der Waals surface area contributed by atoms with E-state index >= 15 is 0 Å². The van der Waals surface area contributed by atoms with Gasteiger partial charge < -0.3 is 0 Å². The first-order chi connectivity index (χ1) is 5.81. The summed E-state index contributed by atoms with van der Waals surface area (Å²) in [7, 11) is -1.00. The Hall–Kier alpha value is 0.210. The molecule has 0 saturated carbocycles. The van der Waals surface area contributed by atoms with Crippen molar-refractivity contribution in [2.45, 2.75) is 12.8 Å². The lowest BCUT2D eigenvalue weighted by Gasteiger charge is -1.85. The highest BCUT2D eigenvalue weighted by Gasteiger charge is 1.84. The monoisotopic (exact) mass is 226 g/mol. The van der Waals surface area contributed by atoms with Gasteiger partial charge in [0.15, 0.2) is 0 Å². The highest BCUT2D eigenvalue weighted by Crippen LogP contribution is 1.94. The molecule has 0 fully saturated rings. The Kier molecular flexibility index (Phi) is 9.46. The summed E-state index contributed by atoms with van der Waals surface area (Å²) < 4.78 is 11.0. The van der Waals surface area contributed by atoms with Crippen LogP contribution in [-0.2, 0) is 10.8 Å². The molecule has 0 aliphatic carbocycles. The van der Waals surface area contributed by atoms with Crippen molar-refractivity contribution in [3.8, 4) is 0 Å². The Bertz CT molecular complexity index is 160. The van der Waals surface area contributed by atoms with Gasteiger partial charge in [-0.2, -0.15) is 0 Å². The smallest absolute Gasteiger partial charge is 0.0695 e. The Balaban J connectivity index is 3.58. The summed E-state index contributed by atoms with van der Waals surface area (Å²) in [5, 5.41) is 3.26. The van der Waals surface area contributed by atoms with Crippen molar-refractivity contribution < 1.29 is 4.21 Å². The standard InChI is InChI=1S/C8H12Cl2OS/c9-5-1-3-7-12(11)8-4-2-6-10/h3-4,7-8H,1-2,5-6H2. The van der Waals surface area contributed by atoms with E-state index in [2.05, 4.69) is 0 Å². The summed E-state index contributed by atoms with van der Waals surface area (Å²) >= 11 is 10.9. The summed E-state index contributed by atoms with van der Waals surface area (Å²) in [5.41, 5.74) is 0. The number of alkyl halides is 2. The minimum atomic E-state index is -1.00. The molecule has 70 valence electrons. The largest absolute Gasteiger partial charge is 0.250 e. The van der Waals surface area contributed by atoms with Crippen molar-refractivity contribution >= 4 is 34.0 Å². The summed E-state index contributed by atoms with van der Waals surface area (Å²) in [4.78, 5) is 0. The third kappa shape index (κ3) is 8.31. The summed E-state index contributed by atoms with van der Waals surface area (Å²) in [5.74, 6) is 1.14. The molecule has 0 aromatic heterocycles. The second-order valence-corrected chi connectivity index (χ2v) is 3.98. The molecule has 0 radical (unpaired) electrons. The van der Waals surface area contributed by atoms with E-state index in [9.17, 15) is 4.21 Å². The number of hydrogen-bond donors (Lipinski definition) is 0. The van der Waals surface area contributed by atoms with E-state index in [1.807, 2.05) is 12.2 Å². The molecule has 0 aromatic carbocycles. The van der Waals surface area contributed by atoms with E-state index in [1.165, 1.54) is 0 Å². The lowest BCUT2D eigenvalue weighted by atomic mass is 10.5. The van der Waals surface area contributed by atoms with E-state index in [0.29, 0.717) is 11.8 Å². The van der Waals surface area contributed by atoms with Gasteiger partial charge in [0.05, 0.1) is 10.8 Å². The Morgan fingerprint density at radius 2 is 1.42 bits per heavy atom. The van der Waals surface area contributed by atoms with Gasteiger partial charge in [0.1, 0.15) is 0 Å². The van der Waals surface area contributed by atoms with Gasteiger partial charge in [0.2, 0.25) is 0 Å². The summed E-state index contributed by atoms with van der Waals surface area (Å²) in [6, 6.07) is 0. The maximum absolute atomic E-state index is 11.0. The van der Waals surface area contributed by atoms with Crippen molar-refractivity contribution in [2.75, 3.05) is 11.8 Å². The van der Waals surface area contributed by atoms with E-state index in [4.69, 9.17) is 23.2 Å². The Morgan fingerprint density at radius 1 is 1.00 bits per heavy atom. The fraction of sp³-hybridized carbons (Fsp3) is 0.500. The minimum Gasteiger partial charge on any atom is -0.250 e. The van der Waals surface area contributed by atoms with E-state index < -0.39 is 10.8 Å². The number of halogens is 2. The topological polar surface area (TPSA) is 17.1 Å². The molecule has 0 aliphatic heterocycles. The molecule has 0 rings (SSSR count). The van der Waals surface area contributed by atoms with Crippen molar-refractivity contribution in [3.05, 3.63) is 23.0 Å². The van der Waals surface area contributed by atoms with Crippen LogP contribution in [0.2, 0.25) is 0 Å². The van der Waals surface area contributed by atoms with Gasteiger partial charge in [-0.3, -0.25) is 4.21 Å². The third-order valence-corrected chi connectivity index (χ3v) is 2.37. The first-order valence-electron chi connectivity index (χ1n) is 3.66. The average Bonchev–Trinajstić information content (AvgIpc) is 2.06. The lowest BCUT2D eigenvalue weighted by molar-refractivity contribution is 0.693. The molecule has 1 nitrogen and oxygen atoms in total. The molecule has 0 aromatic rings. The minimum absolute atomic E-state index is 0.569. The van der Waals surface area contributed by atoms with Crippen molar-refractivity contribution in [3.63, 3.8) is 0 Å². The van der Waals surface area contributed by atoms with Crippen LogP contribution >= 0.6 is 23.2 Å². The lowest BCUT2D eigenvalue weighted by Crippen LogP contribution is -1.77. The van der Waals surface area contributed by atoms with Gasteiger partial charge in [-0.25, -0.2) is 0 Å². The van der Waals surface area contributed by atoms with E-state index in [-0.39, 0.29) is 0 Å². The molecule has 0 aliphatic rings. The molecule has 0 spiro atoms. The van der Waals surface area contributed by atoms with Crippen LogP contribution in [0.3, 0.4) is 0 Å². The number of rotatable bonds is 6. The van der Waals surface area contributed by atoms with Crippen LogP contribution in [0, 0.1) is 0 Å². The van der Waals surface area contributed by atoms with Crippen molar-refractivity contribution in [1.82, 2.24) is 0 Å². The fourth-order valence-corrected chi connectivity index (χ4v) is 1.49. The van der Waals surface area contributed by atoms with Crippen LogP contribution < -0.4 is 0 Å². The zero-order valence-corrected chi connectivity index (χ0v) is 9.04. The van der Waals surface area contributed by atoms with E-state index in [1.54, 1.807) is 10.8 Å². The third-order valence-electron chi connectivity index (χ3n) is 1.01. The molecule has 0 amide bonds. The van der Waals surface area contributed by atoms with Crippen molar-refractivity contribution in [2.24, 2.45) is 0 Å². The number of allylic oxidation sites excluding steroid dienone is 2. The van der Waals surface area contributed by atoms with Gasteiger partial charge >= 0.3 is 0 Å². The summed E-state index contributed by atoms with van der Waals surface area (Å²) in [6.45, 7) is 0. The normalized spacial score (nSPS) is 14.5. The van der Waals surface area contributed by atoms with Crippen LogP contribution in [0.4, 0.5) is 0 Å². The molecular weight excluding hydrogens is 215 g/mol. The van der Waals surface area contributed by atoms with Crippen LogP contribution in [0.1, 0.15) is 12.8 Å². The average molecular weight is 227 g/mol. The molecule has 0 saturated heterocycles. The van der Waals surface area contributed by atoms with Gasteiger partial charge in [-0.05, 0) is 12.8 Å². The second kappa shape index (κ2) is 9.30. The zero-order chi connectivity index (χ0) is 9.23. The van der Waals surface area contributed by atoms with Crippen LogP contribution in [0.15, 0.2) is 23.0 Å². The maximum atomic E-state index is 11.0. The Labute approximate surface area is 85.9 Å². The molecule has 0 heterocycles. The Morgan fingerprint density at radius 3 is 1.75 bits per heavy atom. The second-order valence-electron chi connectivity index (χ2n) is 2.03. The van der Waals surface area contributed by atoms with Gasteiger partial charge in [-0.15, -0.1) is 23.2 Å². The zero-order valence-electron chi connectivity index (χ0n) is 6.71. The molecule has 0 bridgehead atoms. The molecule has 12 heavy (non-hydrogen) atoms. The van der Waals surface area contributed by atoms with Gasteiger partial charge in [0.25, 0.3) is 0 Å². The summed E-state index contributed by atoms with van der Waals surface area (Å²) in [6.07, 6.45) is 5.15.